The van der Waals surface area contributed by atoms with Crippen molar-refractivity contribution in [3.63, 3.8) is 0 Å². The molecule has 7 aromatic rings. The Bertz CT molecular complexity index is 3300. The Balaban J connectivity index is 0.000000215. The standard InChI is InChI=1S/C30H24OP.C24BF20/c31-30(24-13-5-1-6-14-24)23-32(27-17-9-3-10-18-27,28-19-11-4-12-20-28)29-21-25-15-7-2-8-16-26(25)22-29;26-5-1(6(27)14(35)21(42)13(5)34)25(2-7(28)15(36)22(43)16(37)8(2)29,3-9(30)17(38)23(44)18(39)10(3)31)4-11(32)19(40)24(45)20(41)12(4)33/h1-22H,23H2;/q+1;-1. The maximum Gasteiger partial charge on any atom is 0.201 e. The van der Waals surface area contributed by atoms with Gasteiger partial charge in [-0.2, -0.15) is 0 Å². The second-order valence-electron chi connectivity index (χ2n) is 16.8. The summed E-state index contributed by atoms with van der Waals surface area (Å²) in [5.41, 5.74) is -11.2. The van der Waals surface area contributed by atoms with Crippen molar-refractivity contribution < 1.29 is 92.6 Å². The van der Waals surface area contributed by atoms with Gasteiger partial charge in [0.25, 0.3) is 0 Å². The summed E-state index contributed by atoms with van der Waals surface area (Å²) < 4.78 is 294. The van der Waals surface area contributed by atoms with Crippen LogP contribution < -0.4 is 37.8 Å². The van der Waals surface area contributed by atoms with Gasteiger partial charge in [0, 0.05) is 5.56 Å². The van der Waals surface area contributed by atoms with Gasteiger partial charge in [-0.1, -0.05) is 97.1 Å². The Morgan fingerprint density at radius 2 is 0.506 bits per heavy atom. The van der Waals surface area contributed by atoms with Gasteiger partial charge in [-0.05, 0) is 47.5 Å². The fraction of sp³-hybridized carbons (Fsp3) is 0.0185. The van der Waals surface area contributed by atoms with E-state index in [2.05, 4.69) is 91.0 Å². The average Bonchev–Trinajstić information content (AvgIpc) is 3.87. The molecule has 1 nitrogen and oxygen atoms in total. The van der Waals surface area contributed by atoms with Crippen LogP contribution in [-0.2, 0) is 0 Å². The SMILES string of the molecule is Fc1c(F)c(F)c([B-](c2c(F)c(F)c(F)c(F)c2F)(c2c(F)c(F)c(F)c(F)c2F)c2c(F)c(F)c(F)c(F)c2F)c(F)c1F.O=C(C[P+](c1ccccc1)(c1ccccc1)c1cc2cccccc-2c1)c1ccccc1. The fourth-order valence-electron chi connectivity index (χ4n) is 9.31. The molecular weight excluding hydrogens is 1090 g/mol. The minimum atomic E-state index is -7.22. The molecule has 0 fully saturated rings. The molecule has 77 heavy (non-hydrogen) atoms. The molecule has 0 aromatic heterocycles. The zero-order chi connectivity index (χ0) is 56.2. The van der Waals surface area contributed by atoms with E-state index in [1.54, 1.807) is 0 Å². The first-order valence-electron chi connectivity index (χ1n) is 21.8. The number of ketones is 1. The molecule has 0 bridgehead atoms. The molecule has 0 atom stereocenters. The molecule has 0 unspecified atom stereocenters. The van der Waals surface area contributed by atoms with Crippen molar-refractivity contribution >= 4 is 57.0 Å². The van der Waals surface area contributed by atoms with Crippen molar-refractivity contribution in [2.45, 2.75) is 0 Å². The summed E-state index contributed by atoms with van der Waals surface area (Å²) in [6, 6.07) is 46.0. The van der Waals surface area contributed by atoms with Crippen molar-refractivity contribution in [1.82, 2.24) is 0 Å². The predicted octanol–water partition coefficient (Wildman–Crippen LogP) is 11.8. The lowest BCUT2D eigenvalue weighted by Crippen LogP contribution is -2.81. The van der Waals surface area contributed by atoms with Crippen LogP contribution in [0.1, 0.15) is 10.4 Å². The highest BCUT2D eigenvalue weighted by molar-refractivity contribution is 7.96. The summed E-state index contributed by atoms with van der Waals surface area (Å²) >= 11 is 0. The van der Waals surface area contributed by atoms with Crippen LogP contribution in [-0.4, -0.2) is 18.1 Å². The van der Waals surface area contributed by atoms with E-state index in [-0.39, 0.29) is 5.78 Å². The van der Waals surface area contributed by atoms with Crippen LogP contribution in [0, 0.1) is 116 Å². The van der Waals surface area contributed by atoms with Crippen molar-refractivity contribution in [1.29, 1.82) is 0 Å². The first kappa shape index (κ1) is 55.2. The topological polar surface area (TPSA) is 17.1 Å². The molecule has 0 heterocycles. The molecule has 0 aliphatic heterocycles. The number of fused-ring (bicyclic) bond motifs is 1. The van der Waals surface area contributed by atoms with Gasteiger partial charge < -0.3 is 0 Å². The van der Waals surface area contributed by atoms with Crippen molar-refractivity contribution in [3.05, 3.63) is 255 Å². The number of hydrogen-bond acceptors (Lipinski definition) is 1. The lowest BCUT2D eigenvalue weighted by atomic mass is 9.12. The van der Waals surface area contributed by atoms with Gasteiger partial charge in [0.2, 0.25) is 5.78 Å². The zero-order valence-corrected chi connectivity index (χ0v) is 38.8. The van der Waals surface area contributed by atoms with Crippen molar-refractivity contribution in [3.8, 4) is 11.1 Å². The maximum atomic E-state index is 15.4. The third kappa shape index (κ3) is 8.85. The molecule has 0 amide bonds. The van der Waals surface area contributed by atoms with Crippen LogP contribution in [0.15, 0.2) is 133 Å². The highest BCUT2D eigenvalue weighted by atomic mass is 31.2. The summed E-state index contributed by atoms with van der Waals surface area (Å²) in [6.07, 6.45) is -6.75. The summed E-state index contributed by atoms with van der Waals surface area (Å²) in [5, 5.41) is 3.71. The number of halogens is 20. The molecule has 0 saturated carbocycles. The van der Waals surface area contributed by atoms with Crippen LogP contribution >= 0.6 is 7.26 Å². The Kier molecular flexibility index (Phi) is 15.2. The molecule has 9 rings (SSSR count). The first-order chi connectivity index (χ1) is 36.5. The monoisotopic (exact) mass is 1110 g/mol. The van der Waals surface area contributed by atoms with Gasteiger partial charge >= 0.3 is 0 Å². The van der Waals surface area contributed by atoms with Gasteiger partial charge in [-0.3, -0.25) is 4.79 Å². The lowest BCUT2D eigenvalue weighted by Gasteiger charge is -2.44. The molecule has 0 N–H and O–H groups in total. The molecule has 394 valence electrons. The Labute approximate surface area is 421 Å². The van der Waals surface area contributed by atoms with E-state index in [1.807, 2.05) is 42.5 Å². The van der Waals surface area contributed by atoms with E-state index in [0.29, 0.717) is 6.16 Å². The molecule has 0 radical (unpaired) electrons. The van der Waals surface area contributed by atoms with E-state index in [0.717, 1.165) is 5.56 Å². The maximum absolute atomic E-state index is 15.4. The van der Waals surface area contributed by atoms with E-state index in [1.165, 1.54) is 27.0 Å². The van der Waals surface area contributed by atoms with Crippen LogP contribution in [0.4, 0.5) is 87.8 Å². The van der Waals surface area contributed by atoms with Crippen molar-refractivity contribution in [2.24, 2.45) is 0 Å². The molecular formula is C54H24BF20OP. The zero-order valence-electron chi connectivity index (χ0n) is 37.9. The number of benzene rings is 7. The van der Waals surface area contributed by atoms with Crippen LogP contribution in [0.3, 0.4) is 0 Å². The minimum Gasteiger partial charge on any atom is -0.290 e. The van der Waals surface area contributed by atoms with E-state index in [4.69, 9.17) is 0 Å². The number of carbonyl (C=O) groups is 1. The quantitative estimate of drug-likeness (QED) is 0.0333. The summed E-state index contributed by atoms with van der Waals surface area (Å²) in [5.74, 6) is -71.2. The van der Waals surface area contributed by atoms with Crippen LogP contribution in [0.5, 0.6) is 0 Å². The van der Waals surface area contributed by atoms with E-state index < -0.39 is 152 Å². The van der Waals surface area contributed by atoms with Crippen LogP contribution in [0.25, 0.3) is 11.1 Å². The van der Waals surface area contributed by atoms with Gasteiger partial charge in [-0.15, -0.1) is 21.9 Å². The first-order valence-corrected chi connectivity index (χ1v) is 23.8. The highest BCUT2D eigenvalue weighted by Crippen LogP contribution is 2.57. The molecule has 7 aromatic carbocycles. The number of Topliss-reactive ketones (excluding diaryl/α,β-unsaturated/α-hetero) is 1. The summed E-state index contributed by atoms with van der Waals surface area (Å²) in [4.78, 5) is 13.7. The van der Waals surface area contributed by atoms with Gasteiger partial charge in [0.05, 0.1) is 0 Å². The molecule has 2 aliphatic carbocycles. The predicted molar refractivity (Wildman–Crippen MR) is 247 cm³/mol. The number of carbonyl (C=O) groups excluding carboxylic acids is 1. The second-order valence-corrected chi connectivity index (χ2v) is 20.2. The smallest absolute Gasteiger partial charge is 0.201 e. The minimum absolute atomic E-state index is 0.183. The third-order valence-corrected chi connectivity index (χ3v) is 17.0. The van der Waals surface area contributed by atoms with Crippen LogP contribution in [0.2, 0.25) is 0 Å². The normalized spacial score (nSPS) is 11.7. The van der Waals surface area contributed by atoms with Gasteiger partial charge in [0.15, 0.2) is 69.8 Å². The lowest BCUT2D eigenvalue weighted by molar-refractivity contribution is 0.102. The highest BCUT2D eigenvalue weighted by Gasteiger charge is 2.53. The Morgan fingerprint density at radius 3 is 0.766 bits per heavy atom. The Morgan fingerprint density at radius 1 is 0.286 bits per heavy atom. The molecule has 0 spiro atoms. The van der Waals surface area contributed by atoms with E-state index >= 15 is 35.1 Å². The van der Waals surface area contributed by atoms with E-state index in [9.17, 15) is 57.5 Å². The molecule has 0 saturated heterocycles. The third-order valence-electron chi connectivity index (χ3n) is 12.7. The summed E-state index contributed by atoms with van der Waals surface area (Å²) in [6.45, 7) is 0. The summed E-state index contributed by atoms with van der Waals surface area (Å²) in [7, 11) is -2.22. The van der Waals surface area contributed by atoms with Gasteiger partial charge in [0.1, 0.15) is 82.0 Å². The fourth-order valence-corrected chi connectivity index (χ4v) is 13.4. The second kappa shape index (κ2) is 21.2. The Hall–Kier alpha value is -8.00. The van der Waals surface area contributed by atoms with Gasteiger partial charge in [-0.25, -0.2) is 87.8 Å². The molecule has 2 aliphatic rings. The number of hydrogen-bond donors (Lipinski definition) is 0. The number of rotatable bonds is 10. The molecule has 23 heteroatoms. The van der Waals surface area contributed by atoms with Crippen molar-refractivity contribution in [2.75, 3.05) is 6.16 Å². The largest absolute Gasteiger partial charge is 0.290 e. The average molecular weight is 1110 g/mol.